The first-order valence-corrected chi connectivity index (χ1v) is 6.03. The lowest BCUT2D eigenvalue weighted by Crippen LogP contribution is -2.27. The summed E-state index contributed by atoms with van der Waals surface area (Å²) in [5, 5.41) is 11.8. The third-order valence-corrected chi connectivity index (χ3v) is 2.36. The fourth-order valence-corrected chi connectivity index (χ4v) is 1.44. The molecule has 19 heavy (non-hydrogen) atoms. The SMILES string of the molecule is CC(C)(C)OCC(=O)Nc1ccc(Cl)cc1C(=O)O. The van der Waals surface area contributed by atoms with E-state index in [2.05, 4.69) is 5.32 Å². The molecule has 1 rings (SSSR count). The van der Waals surface area contributed by atoms with Crippen LogP contribution < -0.4 is 5.32 Å². The van der Waals surface area contributed by atoms with Crippen LogP contribution in [0.4, 0.5) is 5.69 Å². The molecule has 104 valence electrons. The van der Waals surface area contributed by atoms with E-state index >= 15 is 0 Å². The minimum Gasteiger partial charge on any atom is -0.478 e. The van der Waals surface area contributed by atoms with Crippen LogP contribution in [0.25, 0.3) is 0 Å². The molecule has 0 aromatic heterocycles. The van der Waals surface area contributed by atoms with Crippen LogP contribution in [0.15, 0.2) is 18.2 Å². The molecule has 0 fully saturated rings. The van der Waals surface area contributed by atoms with Crippen LogP contribution in [-0.4, -0.2) is 29.2 Å². The molecule has 0 aliphatic carbocycles. The Balaban J connectivity index is 2.77. The number of carboxylic acid groups (broad SMARTS) is 1. The highest BCUT2D eigenvalue weighted by Gasteiger charge is 2.16. The molecule has 0 spiro atoms. The summed E-state index contributed by atoms with van der Waals surface area (Å²) in [6, 6.07) is 4.24. The number of hydrogen-bond donors (Lipinski definition) is 2. The lowest BCUT2D eigenvalue weighted by Gasteiger charge is -2.19. The molecule has 0 saturated carbocycles. The van der Waals surface area contributed by atoms with Crippen LogP contribution in [0.3, 0.4) is 0 Å². The van der Waals surface area contributed by atoms with E-state index < -0.39 is 17.5 Å². The Morgan fingerprint density at radius 1 is 1.37 bits per heavy atom. The molecular formula is C13H16ClNO4. The molecule has 0 heterocycles. The number of rotatable bonds is 4. The first kappa shape index (κ1) is 15.5. The first-order valence-electron chi connectivity index (χ1n) is 5.66. The average Bonchev–Trinajstić information content (AvgIpc) is 2.28. The lowest BCUT2D eigenvalue weighted by molar-refractivity contribution is -0.125. The third-order valence-electron chi connectivity index (χ3n) is 2.12. The van der Waals surface area contributed by atoms with Gasteiger partial charge in [0.25, 0.3) is 0 Å². The highest BCUT2D eigenvalue weighted by molar-refractivity contribution is 6.31. The van der Waals surface area contributed by atoms with Crippen molar-refractivity contribution in [2.24, 2.45) is 0 Å². The number of carbonyl (C=O) groups is 2. The summed E-state index contributed by atoms with van der Waals surface area (Å²) in [6.07, 6.45) is 0. The molecule has 5 nitrogen and oxygen atoms in total. The van der Waals surface area contributed by atoms with Gasteiger partial charge in [-0.1, -0.05) is 11.6 Å². The largest absolute Gasteiger partial charge is 0.478 e. The zero-order chi connectivity index (χ0) is 14.6. The van der Waals surface area contributed by atoms with E-state index in [0.29, 0.717) is 5.02 Å². The van der Waals surface area contributed by atoms with Crippen molar-refractivity contribution in [3.8, 4) is 0 Å². The number of amides is 1. The molecule has 1 amide bonds. The van der Waals surface area contributed by atoms with Gasteiger partial charge in [0.2, 0.25) is 5.91 Å². The van der Waals surface area contributed by atoms with E-state index in [4.69, 9.17) is 21.4 Å². The normalized spacial score (nSPS) is 11.2. The minimum atomic E-state index is -1.16. The van der Waals surface area contributed by atoms with Gasteiger partial charge in [0.15, 0.2) is 0 Å². The molecule has 0 saturated heterocycles. The summed E-state index contributed by atoms with van der Waals surface area (Å²) in [7, 11) is 0. The van der Waals surface area contributed by atoms with Crippen molar-refractivity contribution >= 4 is 29.2 Å². The van der Waals surface area contributed by atoms with Crippen LogP contribution in [-0.2, 0) is 9.53 Å². The molecule has 0 aliphatic rings. The Bertz CT molecular complexity index is 494. The van der Waals surface area contributed by atoms with Gasteiger partial charge < -0.3 is 15.2 Å². The number of benzene rings is 1. The van der Waals surface area contributed by atoms with Gasteiger partial charge in [-0.3, -0.25) is 4.79 Å². The standard InChI is InChI=1S/C13H16ClNO4/c1-13(2,3)19-7-11(16)15-10-5-4-8(14)6-9(10)12(17)18/h4-6H,7H2,1-3H3,(H,15,16)(H,17,18). The quantitative estimate of drug-likeness (QED) is 0.892. The number of hydrogen-bond acceptors (Lipinski definition) is 3. The van der Waals surface area contributed by atoms with Crippen molar-refractivity contribution < 1.29 is 19.4 Å². The highest BCUT2D eigenvalue weighted by atomic mass is 35.5. The maximum Gasteiger partial charge on any atom is 0.337 e. The summed E-state index contributed by atoms with van der Waals surface area (Å²) in [4.78, 5) is 22.7. The second-order valence-corrected chi connectivity index (χ2v) is 5.38. The summed E-state index contributed by atoms with van der Waals surface area (Å²) in [5.41, 5.74) is -0.302. The topological polar surface area (TPSA) is 75.6 Å². The van der Waals surface area contributed by atoms with E-state index in [-0.39, 0.29) is 17.9 Å². The predicted octanol–water partition coefficient (Wildman–Crippen LogP) is 2.79. The molecule has 0 atom stereocenters. The molecule has 6 heteroatoms. The molecule has 0 bridgehead atoms. The summed E-state index contributed by atoms with van der Waals surface area (Å²) >= 11 is 5.72. The fraction of sp³-hybridized carbons (Fsp3) is 0.385. The molecule has 0 aliphatic heterocycles. The van der Waals surface area contributed by atoms with Crippen LogP contribution in [0.1, 0.15) is 31.1 Å². The van der Waals surface area contributed by atoms with Crippen molar-refractivity contribution in [1.29, 1.82) is 0 Å². The third kappa shape index (κ3) is 5.28. The van der Waals surface area contributed by atoms with Crippen molar-refractivity contribution in [3.63, 3.8) is 0 Å². The molecule has 0 unspecified atom stereocenters. The zero-order valence-electron chi connectivity index (χ0n) is 11.0. The molecule has 0 radical (unpaired) electrons. The molecule has 2 N–H and O–H groups in total. The van der Waals surface area contributed by atoms with Crippen LogP contribution >= 0.6 is 11.6 Å². The molecular weight excluding hydrogens is 270 g/mol. The van der Waals surface area contributed by atoms with Crippen molar-refractivity contribution in [2.45, 2.75) is 26.4 Å². The van der Waals surface area contributed by atoms with E-state index in [1.165, 1.54) is 18.2 Å². The van der Waals surface area contributed by atoms with Gasteiger partial charge in [0.1, 0.15) is 6.61 Å². The first-order chi connectivity index (χ1) is 8.69. The Morgan fingerprint density at radius 3 is 2.53 bits per heavy atom. The Hall–Kier alpha value is -1.59. The minimum absolute atomic E-state index is 0.0587. The monoisotopic (exact) mass is 285 g/mol. The lowest BCUT2D eigenvalue weighted by atomic mass is 10.2. The van der Waals surface area contributed by atoms with Gasteiger partial charge in [-0.2, -0.15) is 0 Å². The number of carboxylic acids is 1. The fourth-order valence-electron chi connectivity index (χ4n) is 1.27. The van der Waals surface area contributed by atoms with E-state index in [9.17, 15) is 9.59 Å². The number of anilines is 1. The smallest absolute Gasteiger partial charge is 0.337 e. The molecule has 1 aromatic rings. The van der Waals surface area contributed by atoms with Crippen molar-refractivity contribution in [1.82, 2.24) is 0 Å². The number of carbonyl (C=O) groups excluding carboxylic acids is 1. The highest BCUT2D eigenvalue weighted by Crippen LogP contribution is 2.20. The Kier molecular flexibility index (Phi) is 4.91. The van der Waals surface area contributed by atoms with Crippen molar-refractivity contribution in [2.75, 3.05) is 11.9 Å². The van der Waals surface area contributed by atoms with Gasteiger partial charge in [0, 0.05) is 5.02 Å². The summed E-state index contributed by atoms with van der Waals surface area (Å²) in [6.45, 7) is 5.33. The van der Waals surface area contributed by atoms with Crippen LogP contribution in [0.2, 0.25) is 5.02 Å². The zero-order valence-corrected chi connectivity index (χ0v) is 11.7. The number of aromatic carboxylic acids is 1. The number of ether oxygens (including phenoxy) is 1. The second kappa shape index (κ2) is 6.04. The van der Waals surface area contributed by atoms with Gasteiger partial charge in [-0.05, 0) is 39.0 Å². The van der Waals surface area contributed by atoms with E-state index in [1.807, 2.05) is 20.8 Å². The van der Waals surface area contributed by atoms with Gasteiger partial charge >= 0.3 is 5.97 Å². The maximum absolute atomic E-state index is 11.7. The predicted molar refractivity (Wildman–Crippen MR) is 72.7 cm³/mol. The number of nitrogens with one attached hydrogen (secondary N) is 1. The van der Waals surface area contributed by atoms with E-state index in [0.717, 1.165) is 0 Å². The maximum atomic E-state index is 11.7. The second-order valence-electron chi connectivity index (χ2n) is 4.94. The van der Waals surface area contributed by atoms with Gasteiger partial charge in [0.05, 0.1) is 16.9 Å². The van der Waals surface area contributed by atoms with Crippen LogP contribution in [0, 0.1) is 0 Å². The summed E-state index contributed by atoms with van der Waals surface area (Å²) in [5.74, 6) is -1.57. The van der Waals surface area contributed by atoms with Gasteiger partial charge in [-0.15, -0.1) is 0 Å². The average molecular weight is 286 g/mol. The Morgan fingerprint density at radius 2 is 2.00 bits per heavy atom. The number of halogens is 1. The summed E-state index contributed by atoms with van der Waals surface area (Å²) < 4.78 is 5.30. The van der Waals surface area contributed by atoms with Crippen LogP contribution in [0.5, 0.6) is 0 Å². The van der Waals surface area contributed by atoms with Gasteiger partial charge in [-0.25, -0.2) is 4.79 Å². The Labute approximate surface area is 116 Å². The van der Waals surface area contributed by atoms with Crippen molar-refractivity contribution in [3.05, 3.63) is 28.8 Å². The van der Waals surface area contributed by atoms with E-state index in [1.54, 1.807) is 0 Å². The molecule has 1 aromatic carbocycles.